The Morgan fingerprint density at radius 3 is 2.81 bits per heavy atom. The first-order chi connectivity index (χ1) is 13.2. The van der Waals surface area contributed by atoms with Crippen molar-refractivity contribution in [3.8, 4) is 0 Å². The minimum atomic E-state index is -0.214. The van der Waals surface area contributed by atoms with Gasteiger partial charge in [-0.15, -0.1) is 5.10 Å². The largest absolute Gasteiger partial charge is 0.374 e. The van der Waals surface area contributed by atoms with Crippen LogP contribution < -0.4 is 0 Å². The number of fused-ring (bicyclic) bond motifs is 1. The third-order valence-corrected chi connectivity index (χ3v) is 4.80. The molecule has 1 aromatic carbocycles. The van der Waals surface area contributed by atoms with E-state index in [0.717, 1.165) is 42.3 Å². The predicted octanol–water partition coefficient (Wildman–Crippen LogP) is 2.67. The van der Waals surface area contributed by atoms with Crippen molar-refractivity contribution < 1.29 is 9.13 Å². The highest BCUT2D eigenvalue weighted by Crippen LogP contribution is 2.28. The number of pyridine rings is 1. The van der Waals surface area contributed by atoms with Gasteiger partial charge in [0.05, 0.1) is 24.6 Å². The molecule has 3 aromatic rings. The molecular formula is C20H22FN5O. The molecule has 1 aliphatic rings. The number of aryl methyl sites for hydroxylation is 1. The Bertz CT molecular complexity index is 881. The second-order valence-electron chi connectivity index (χ2n) is 6.87. The van der Waals surface area contributed by atoms with Crippen LogP contribution in [0.25, 0.3) is 0 Å². The number of aromatic nitrogens is 4. The van der Waals surface area contributed by atoms with Crippen molar-refractivity contribution in [2.45, 2.75) is 25.6 Å². The van der Waals surface area contributed by atoms with Crippen molar-refractivity contribution in [1.29, 1.82) is 0 Å². The first kappa shape index (κ1) is 17.8. The van der Waals surface area contributed by atoms with Crippen molar-refractivity contribution >= 4 is 0 Å². The highest BCUT2D eigenvalue weighted by atomic mass is 19.1. The van der Waals surface area contributed by atoms with E-state index in [1.54, 1.807) is 6.20 Å². The summed E-state index contributed by atoms with van der Waals surface area (Å²) < 4.78 is 20.9. The van der Waals surface area contributed by atoms with Crippen LogP contribution >= 0.6 is 0 Å². The molecule has 4 rings (SSSR count). The fraction of sp³-hybridized carbons (Fsp3) is 0.350. The van der Waals surface area contributed by atoms with E-state index in [9.17, 15) is 4.39 Å². The van der Waals surface area contributed by atoms with Crippen LogP contribution in [0.1, 0.15) is 28.6 Å². The molecule has 0 spiro atoms. The summed E-state index contributed by atoms with van der Waals surface area (Å²) in [6, 6.07) is 12.5. The molecule has 0 aliphatic carbocycles. The van der Waals surface area contributed by atoms with Gasteiger partial charge in [0.15, 0.2) is 0 Å². The van der Waals surface area contributed by atoms with Crippen LogP contribution in [-0.2, 0) is 31.5 Å². The predicted molar refractivity (Wildman–Crippen MR) is 98.2 cm³/mol. The summed E-state index contributed by atoms with van der Waals surface area (Å²) in [6.45, 7) is 3.37. The molecule has 0 radical (unpaired) electrons. The number of halogens is 1. The van der Waals surface area contributed by atoms with E-state index in [4.69, 9.17) is 4.74 Å². The van der Waals surface area contributed by atoms with Gasteiger partial charge in [-0.05, 0) is 29.8 Å². The molecule has 3 heterocycles. The van der Waals surface area contributed by atoms with E-state index in [0.29, 0.717) is 13.2 Å². The molecule has 2 aromatic heterocycles. The number of rotatable bonds is 6. The molecule has 6 nitrogen and oxygen atoms in total. The van der Waals surface area contributed by atoms with E-state index >= 15 is 0 Å². The Hall–Kier alpha value is -2.64. The van der Waals surface area contributed by atoms with Gasteiger partial charge in [0, 0.05) is 38.8 Å². The average Bonchev–Trinajstić information content (AvgIpc) is 3.05. The van der Waals surface area contributed by atoms with Crippen LogP contribution in [0.4, 0.5) is 4.39 Å². The second-order valence-corrected chi connectivity index (χ2v) is 6.87. The fourth-order valence-electron chi connectivity index (χ4n) is 3.58. The monoisotopic (exact) mass is 367 g/mol. The quantitative estimate of drug-likeness (QED) is 0.670. The maximum absolute atomic E-state index is 13.2. The van der Waals surface area contributed by atoms with Gasteiger partial charge in [-0.3, -0.25) is 14.6 Å². The van der Waals surface area contributed by atoms with Gasteiger partial charge >= 0.3 is 0 Å². The molecular weight excluding hydrogens is 345 g/mol. The van der Waals surface area contributed by atoms with Gasteiger partial charge < -0.3 is 4.74 Å². The Balaban J connectivity index is 1.44. The molecule has 0 fully saturated rings. The minimum absolute atomic E-state index is 0.179. The summed E-state index contributed by atoms with van der Waals surface area (Å²) in [5, 5.41) is 8.51. The lowest BCUT2D eigenvalue weighted by atomic mass is 9.98. The Labute approximate surface area is 157 Å². The maximum atomic E-state index is 13.2. The van der Waals surface area contributed by atoms with Crippen LogP contribution in [0, 0.1) is 5.82 Å². The van der Waals surface area contributed by atoms with Crippen molar-refractivity contribution in [3.63, 3.8) is 0 Å². The summed E-state index contributed by atoms with van der Waals surface area (Å²) in [7, 11) is 1.92. The number of hydrogen-bond donors (Lipinski definition) is 0. The summed E-state index contributed by atoms with van der Waals surface area (Å²) in [5.74, 6) is -0.0349. The highest BCUT2D eigenvalue weighted by molar-refractivity contribution is 5.21. The normalized spacial score (nSPS) is 17.0. The smallest absolute Gasteiger partial charge is 0.123 e. The lowest BCUT2D eigenvalue weighted by Gasteiger charge is -2.32. The van der Waals surface area contributed by atoms with E-state index in [1.807, 2.05) is 42.1 Å². The molecule has 0 N–H and O–H groups in total. The summed E-state index contributed by atoms with van der Waals surface area (Å²) in [4.78, 5) is 6.60. The molecule has 0 saturated heterocycles. The Kier molecular flexibility index (Phi) is 5.22. The third-order valence-electron chi connectivity index (χ3n) is 4.80. The Morgan fingerprint density at radius 2 is 2.04 bits per heavy atom. The minimum Gasteiger partial charge on any atom is -0.374 e. The maximum Gasteiger partial charge on any atom is 0.123 e. The molecule has 0 bridgehead atoms. The van der Waals surface area contributed by atoms with E-state index in [2.05, 4.69) is 20.2 Å². The summed E-state index contributed by atoms with van der Waals surface area (Å²) in [6.07, 6.45) is 1.77. The lowest BCUT2D eigenvalue weighted by molar-refractivity contribution is 0.0812. The van der Waals surface area contributed by atoms with Gasteiger partial charge in [-0.25, -0.2) is 4.39 Å². The highest BCUT2D eigenvalue weighted by Gasteiger charge is 2.30. The van der Waals surface area contributed by atoms with Crippen molar-refractivity contribution in [1.82, 2.24) is 24.9 Å². The van der Waals surface area contributed by atoms with Crippen molar-refractivity contribution in [2.24, 2.45) is 7.05 Å². The van der Waals surface area contributed by atoms with Crippen LogP contribution in [0.5, 0.6) is 0 Å². The van der Waals surface area contributed by atoms with Gasteiger partial charge in [-0.1, -0.05) is 23.4 Å². The van der Waals surface area contributed by atoms with Gasteiger partial charge in [0.1, 0.15) is 11.5 Å². The SMILES string of the molecule is Cn1nnc2c1[C@H](COCc1ccccn1)CN(Cc1ccc(F)cc1)C2. The number of hydrogen-bond acceptors (Lipinski definition) is 5. The van der Waals surface area contributed by atoms with Crippen molar-refractivity contribution in [2.75, 3.05) is 13.2 Å². The first-order valence-corrected chi connectivity index (χ1v) is 9.02. The van der Waals surface area contributed by atoms with Crippen LogP contribution in [0.3, 0.4) is 0 Å². The molecule has 1 atom stereocenters. The fourth-order valence-corrected chi connectivity index (χ4v) is 3.58. The first-order valence-electron chi connectivity index (χ1n) is 9.02. The number of benzene rings is 1. The standard InChI is InChI=1S/C20H22FN5O/c1-25-20-16(13-27-14-18-4-2-3-9-22-18)11-26(12-19(20)23-24-25)10-15-5-7-17(21)8-6-15/h2-9,16H,10-14H2,1H3/t16-/m0/s1. The zero-order valence-electron chi connectivity index (χ0n) is 15.3. The van der Waals surface area contributed by atoms with E-state index < -0.39 is 0 Å². The Morgan fingerprint density at radius 1 is 1.19 bits per heavy atom. The van der Waals surface area contributed by atoms with Crippen LogP contribution in [0.2, 0.25) is 0 Å². The zero-order valence-corrected chi connectivity index (χ0v) is 15.3. The molecule has 1 aliphatic heterocycles. The van der Waals surface area contributed by atoms with Gasteiger partial charge in [0.25, 0.3) is 0 Å². The topological polar surface area (TPSA) is 56.1 Å². The van der Waals surface area contributed by atoms with Gasteiger partial charge in [0.2, 0.25) is 0 Å². The molecule has 7 heteroatoms. The molecule has 140 valence electrons. The average molecular weight is 367 g/mol. The second kappa shape index (κ2) is 7.94. The molecule has 0 unspecified atom stereocenters. The van der Waals surface area contributed by atoms with E-state index in [-0.39, 0.29) is 11.7 Å². The molecule has 0 saturated carbocycles. The van der Waals surface area contributed by atoms with Crippen molar-refractivity contribution in [3.05, 3.63) is 77.1 Å². The van der Waals surface area contributed by atoms with Gasteiger partial charge in [-0.2, -0.15) is 0 Å². The zero-order chi connectivity index (χ0) is 18.6. The van der Waals surface area contributed by atoms with Crippen LogP contribution in [0.15, 0.2) is 48.7 Å². The third kappa shape index (κ3) is 4.20. The number of nitrogens with zero attached hydrogens (tertiary/aromatic N) is 5. The number of ether oxygens (including phenoxy) is 1. The van der Waals surface area contributed by atoms with Crippen LogP contribution in [-0.4, -0.2) is 38.0 Å². The van der Waals surface area contributed by atoms with E-state index in [1.165, 1.54) is 12.1 Å². The summed E-state index contributed by atoms with van der Waals surface area (Å²) >= 11 is 0. The molecule has 27 heavy (non-hydrogen) atoms. The molecule has 0 amide bonds. The lowest BCUT2D eigenvalue weighted by Crippen LogP contribution is -2.36. The summed E-state index contributed by atoms with van der Waals surface area (Å²) in [5.41, 5.74) is 4.11.